The second kappa shape index (κ2) is 59.1. The summed E-state index contributed by atoms with van der Waals surface area (Å²) in [6, 6.07) is 0. The number of rotatable bonds is 55. The molecule has 0 saturated carbocycles. The predicted octanol–water partition coefficient (Wildman–Crippen LogP) is 17.2. The van der Waals surface area contributed by atoms with Crippen molar-refractivity contribution >= 4 is 5.97 Å². The number of carbonyl (C=O) groups excluding carboxylic acids is 1. The summed E-state index contributed by atoms with van der Waals surface area (Å²) < 4.78 is 0. The van der Waals surface area contributed by atoms with Gasteiger partial charge in [0.2, 0.25) is 0 Å². The van der Waals surface area contributed by atoms with Crippen LogP contribution >= 0.6 is 0 Å². The fourth-order valence-electron chi connectivity index (χ4n) is 9.53. The summed E-state index contributed by atoms with van der Waals surface area (Å²) in [4.78, 5) is 10.4. The zero-order valence-electron chi connectivity index (χ0n) is 42.2. The molecule has 354 valence electrons. The zero-order chi connectivity index (χ0) is 42.5. The third-order valence-electron chi connectivity index (χ3n) is 13.7. The molecular weight excluding hydrogens is 724 g/mol. The van der Waals surface area contributed by atoms with Gasteiger partial charge < -0.3 is 9.90 Å². The number of hydrogen-bond acceptors (Lipinski definition) is 2. The fourth-order valence-corrected chi connectivity index (χ4v) is 9.53. The van der Waals surface area contributed by atoms with E-state index < -0.39 is 5.97 Å². The molecule has 0 unspecified atom stereocenters. The molecule has 3 heteroatoms. The zero-order valence-corrected chi connectivity index (χ0v) is 42.2. The van der Waals surface area contributed by atoms with E-state index in [2.05, 4.69) is 6.92 Å². The van der Waals surface area contributed by atoms with Gasteiger partial charge in [-0.25, -0.2) is 0 Å². The van der Waals surface area contributed by atoms with Crippen LogP contribution in [0, 0.1) is 0 Å². The first kappa shape index (κ1) is 62.2. The van der Waals surface area contributed by atoms with Gasteiger partial charge in [-0.2, -0.15) is 0 Å². The molecule has 0 heterocycles. The van der Waals surface area contributed by atoms with Crippen molar-refractivity contribution in [3.63, 3.8) is 0 Å². The third-order valence-corrected chi connectivity index (χ3v) is 13.7. The van der Waals surface area contributed by atoms with Crippen LogP contribution < -0.4 is 24.0 Å². The quantitative estimate of drug-likeness (QED) is 0.0452. The number of carboxylic acids is 1. The minimum absolute atomic E-state index is 0. The van der Waals surface area contributed by atoms with Crippen molar-refractivity contribution in [1.82, 2.24) is 0 Å². The monoisotopic (exact) mass is 837 g/mol. The fraction of sp³-hybridized carbons (Fsp3) is 0.982. The van der Waals surface area contributed by atoms with Gasteiger partial charge in [0, 0.05) is 5.97 Å². The minimum atomic E-state index is -0.896. The van der Waals surface area contributed by atoms with Gasteiger partial charge in [-0.3, -0.25) is 0 Å². The van der Waals surface area contributed by atoms with E-state index in [0.717, 1.165) is 12.8 Å². The van der Waals surface area contributed by atoms with E-state index in [1.807, 2.05) is 0 Å². The molecule has 0 saturated heterocycles. The van der Waals surface area contributed by atoms with E-state index in [1.54, 1.807) is 0 Å². The molecule has 0 bridgehead atoms. The largest absolute Gasteiger partial charge is 1.00 e. The first-order valence-corrected chi connectivity index (χ1v) is 28.5. The van der Waals surface area contributed by atoms with Crippen molar-refractivity contribution in [2.45, 2.75) is 360 Å². The first-order chi connectivity index (χ1) is 29.3. The molecule has 60 heavy (non-hydrogen) atoms. The van der Waals surface area contributed by atoms with Gasteiger partial charge >= 0.3 is 18.9 Å². The van der Waals surface area contributed by atoms with E-state index >= 15 is 0 Å². The van der Waals surface area contributed by atoms with Crippen LogP contribution in [0.1, 0.15) is 360 Å². The van der Waals surface area contributed by atoms with Gasteiger partial charge in [0.05, 0.1) is 0 Å². The summed E-state index contributed by atoms with van der Waals surface area (Å²) in [6.07, 6.45) is 77.9. The predicted molar refractivity (Wildman–Crippen MR) is 265 cm³/mol. The molecule has 0 aliphatic carbocycles. The van der Waals surface area contributed by atoms with E-state index in [9.17, 15) is 9.90 Å². The topological polar surface area (TPSA) is 40.1 Å². The van der Waals surface area contributed by atoms with Crippen LogP contribution in [0.3, 0.4) is 0 Å². The van der Waals surface area contributed by atoms with Gasteiger partial charge in [0.25, 0.3) is 0 Å². The van der Waals surface area contributed by atoms with Crippen LogP contribution in [0.15, 0.2) is 0 Å². The van der Waals surface area contributed by atoms with Gasteiger partial charge in [0.1, 0.15) is 0 Å². The Morgan fingerprint density at radius 2 is 0.317 bits per heavy atom. The summed E-state index contributed by atoms with van der Waals surface area (Å²) in [5.74, 6) is -0.896. The SMILES string of the molecule is CCCCCCCCCCCCCCCCCCCCCCCCCCCCCCCCCCCCCCCCCCCCCCCCCCCCCCCCC(=O)[O-].[Li+]. The summed E-state index contributed by atoms with van der Waals surface area (Å²) in [5.41, 5.74) is 0. The summed E-state index contributed by atoms with van der Waals surface area (Å²) in [5, 5.41) is 10.4. The Morgan fingerprint density at radius 3 is 0.417 bits per heavy atom. The van der Waals surface area contributed by atoms with Crippen molar-refractivity contribution in [2.75, 3.05) is 0 Å². The standard InChI is InChI=1S/C57H114O2.Li/c1-2-3-4-5-6-7-8-9-10-11-12-13-14-15-16-17-18-19-20-21-22-23-24-25-26-27-28-29-30-31-32-33-34-35-36-37-38-39-40-41-42-43-44-45-46-47-48-49-50-51-52-53-54-55-56-57(58)59;/h2-56H2,1H3,(H,58,59);/q;+1/p-1. The number of carbonyl (C=O) groups is 1. The summed E-state index contributed by atoms with van der Waals surface area (Å²) in [6.45, 7) is 2.31. The van der Waals surface area contributed by atoms with Crippen molar-refractivity contribution in [3.8, 4) is 0 Å². The molecule has 0 N–H and O–H groups in total. The maximum atomic E-state index is 10.4. The average molecular weight is 837 g/mol. The normalized spacial score (nSPS) is 11.4. The van der Waals surface area contributed by atoms with Crippen molar-refractivity contribution in [3.05, 3.63) is 0 Å². The molecule has 0 aliphatic rings. The summed E-state index contributed by atoms with van der Waals surface area (Å²) in [7, 11) is 0. The molecule has 0 aromatic rings. The molecule has 0 spiro atoms. The van der Waals surface area contributed by atoms with Crippen LogP contribution in [-0.2, 0) is 4.79 Å². The van der Waals surface area contributed by atoms with Crippen LogP contribution in [0.5, 0.6) is 0 Å². The molecule has 0 atom stereocenters. The van der Waals surface area contributed by atoms with Gasteiger partial charge in [0.15, 0.2) is 0 Å². The van der Waals surface area contributed by atoms with E-state index in [4.69, 9.17) is 0 Å². The number of hydrogen-bond donors (Lipinski definition) is 0. The van der Waals surface area contributed by atoms with Gasteiger partial charge in [-0.1, -0.05) is 347 Å². The van der Waals surface area contributed by atoms with E-state index in [-0.39, 0.29) is 25.3 Å². The maximum absolute atomic E-state index is 10.4. The molecule has 0 aromatic carbocycles. The third kappa shape index (κ3) is 60.2. The molecule has 0 aliphatic heterocycles. The molecule has 0 radical (unpaired) electrons. The Kier molecular flexibility index (Phi) is 61.2. The van der Waals surface area contributed by atoms with Crippen LogP contribution in [0.2, 0.25) is 0 Å². The second-order valence-corrected chi connectivity index (χ2v) is 19.9. The Balaban J connectivity index is 0. The molecule has 0 fully saturated rings. The van der Waals surface area contributed by atoms with Gasteiger partial charge in [-0.15, -0.1) is 0 Å². The van der Waals surface area contributed by atoms with Crippen LogP contribution in [0.4, 0.5) is 0 Å². The molecule has 0 amide bonds. The average Bonchev–Trinajstić information content (AvgIpc) is 3.23. The minimum Gasteiger partial charge on any atom is -0.550 e. The first-order valence-electron chi connectivity index (χ1n) is 28.5. The van der Waals surface area contributed by atoms with Crippen LogP contribution in [-0.4, -0.2) is 5.97 Å². The number of unbranched alkanes of at least 4 members (excludes halogenated alkanes) is 53. The maximum Gasteiger partial charge on any atom is 1.00 e. The molecular formula is C57H113LiO2. The van der Waals surface area contributed by atoms with Crippen LogP contribution in [0.25, 0.3) is 0 Å². The smallest absolute Gasteiger partial charge is 0.550 e. The molecule has 0 aromatic heterocycles. The van der Waals surface area contributed by atoms with Crippen molar-refractivity contribution in [1.29, 1.82) is 0 Å². The van der Waals surface area contributed by atoms with E-state index in [1.165, 1.54) is 334 Å². The molecule has 0 rings (SSSR count). The number of aliphatic carboxylic acids is 1. The van der Waals surface area contributed by atoms with Crippen molar-refractivity contribution in [2.24, 2.45) is 0 Å². The Morgan fingerprint density at radius 1 is 0.217 bits per heavy atom. The molecule has 2 nitrogen and oxygen atoms in total. The number of carboxylic acid groups (broad SMARTS) is 1. The Hall–Kier alpha value is 0.0674. The van der Waals surface area contributed by atoms with Crippen molar-refractivity contribution < 1.29 is 28.8 Å². The Labute approximate surface area is 392 Å². The summed E-state index contributed by atoms with van der Waals surface area (Å²) >= 11 is 0. The van der Waals surface area contributed by atoms with Gasteiger partial charge in [-0.05, 0) is 12.8 Å². The Bertz CT molecular complexity index is 739. The second-order valence-electron chi connectivity index (χ2n) is 19.9. The van der Waals surface area contributed by atoms with E-state index in [0.29, 0.717) is 0 Å².